The number of halogens is 1. The van der Waals surface area contributed by atoms with Crippen molar-refractivity contribution in [2.24, 2.45) is 4.99 Å². The van der Waals surface area contributed by atoms with Gasteiger partial charge < -0.3 is 4.90 Å². The number of rotatable bonds is 1. The number of amides is 1. The Morgan fingerprint density at radius 2 is 1.86 bits per heavy atom. The summed E-state index contributed by atoms with van der Waals surface area (Å²) in [7, 11) is 0. The molecule has 0 unspecified atom stereocenters. The predicted molar refractivity (Wildman–Crippen MR) is 92.2 cm³/mol. The summed E-state index contributed by atoms with van der Waals surface area (Å²) in [5.74, 6) is -0.116. The van der Waals surface area contributed by atoms with Crippen molar-refractivity contribution in [3.05, 3.63) is 39.2 Å². The number of aliphatic imine (C=N–C) groups is 1. The summed E-state index contributed by atoms with van der Waals surface area (Å²) < 4.78 is 0.995. The maximum Gasteiger partial charge on any atom is 0.286 e. The minimum Gasteiger partial charge on any atom is -0.351 e. The summed E-state index contributed by atoms with van der Waals surface area (Å²) in [6.45, 7) is 2.03. The molecule has 0 N–H and O–H groups in total. The van der Waals surface area contributed by atoms with Gasteiger partial charge in [0, 0.05) is 17.6 Å². The SMILES string of the molecule is O=C1N=C(N2CCCCCC2)SC1=Cc1ccccc1Br. The largest absolute Gasteiger partial charge is 0.351 e. The minimum atomic E-state index is -0.116. The lowest BCUT2D eigenvalue weighted by Crippen LogP contribution is -2.28. The Labute approximate surface area is 137 Å². The van der Waals surface area contributed by atoms with E-state index in [0.29, 0.717) is 4.91 Å². The summed E-state index contributed by atoms with van der Waals surface area (Å²) in [6, 6.07) is 7.91. The number of carbonyl (C=O) groups is 1. The second kappa shape index (κ2) is 6.79. The lowest BCUT2D eigenvalue weighted by Gasteiger charge is -2.20. The summed E-state index contributed by atoms with van der Waals surface area (Å²) in [5.41, 5.74) is 1.01. The Morgan fingerprint density at radius 1 is 1.14 bits per heavy atom. The molecule has 2 heterocycles. The van der Waals surface area contributed by atoms with Gasteiger partial charge >= 0.3 is 0 Å². The molecule has 3 rings (SSSR count). The molecule has 0 radical (unpaired) electrons. The monoisotopic (exact) mass is 364 g/mol. The molecule has 1 amide bonds. The third-order valence-electron chi connectivity index (χ3n) is 3.68. The molecule has 0 saturated carbocycles. The van der Waals surface area contributed by atoms with Crippen molar-refractivity contribution in [3.63, 3.8) is 0 Å². The third kappa shape index (κ3) is 3.58. The summed E-state index contributed by atoms with van der Waals surface area (Å²) >= 11 is 5.02. The van der Waals surface area contributed by atoms with E-state index in [1.54, 1.807) is 0 Å². The topological polar surface area (TPSA) is 32.7 Å². The standard InChI is InChI=1S/C16H17BrN2OS/c17-13-8-4-3-7-12(13)11-14-15(20)18-16(21-14)19-9-5-1-2-6-10-19/h3-4,7-8,11H,1-2,5-6,9-10H2. The Morgan fingerprint density at radius 3 is 2.57 bits per heavy atom. The van der Waals surface area contributed by atoms with Gasteiger partial charge in [0.2, 0.25) is 0 Å². The molecule has 0 aliphatic carbocycles. The molecule has 2 aliphatic heterocycles. The van der Waals surface area contributed by atoms with Crippen LogP contribution in [0.5, 0.6) is 0 Å². The van der Waals surface area contributed by atoms with Gasteiger partial charge in [0.25, 0.3) is 5.91 Å². The summed E-state index contributed by atoms with van der Waals surface area (Å²) in [4.78, 5) is 19.3. The fraction of sp³-hybridized carbons (Fsp3) is 0.375. The maximum atomic E-state index is 12.1. The Hall–Kier alpha value is -1.07. The fourth-order valence-corrected chi connectivity index (χ4v) is 3.88. The first-order chi connectivity index (χ1) is 10.2. The van der Waals surface area contributed by atoms with E-state index in [1.165, 1.54) is 37.4 Å². The first-order valence-electron chi connectivity index (χ1n) is 7.26. The Kier molecular flexibility index (Phi) is 4.80. The van der Waals surface area contributed by atoms with Gasteiger partial charge in [0.15, 0.2) is 5.17 Å². The number of amidine groups is 1. The molecular formula is C16H17BrN2OS. The maximum absolute atomic E-state index is 12.1. The highest BCUT2D eigenvalue weighted by atomic mass is 79.9. The zero-order valence-electron chi connectivity index (χ0n) is 11.7. The van der Waals surface area contributed by atoms with E-state index < -0.39 is 0 Å². The number of hydrogen-bond donors (Lipinski definition) is 0. The van der Waals surface area contributed by atoms with Crippen LogP contribution < -0.4 is 0 Å². The quantitative estimate of drug-likeness (QED) is 0.696. The van der Waals surface area contributed by atoms with Gasteiger partial charge in [-0.2, -0.15) is 4.99 Å². The molecule has 21 heavy (non-hydrogen) atoms. The third-order valence-corrected chi connectivity index (χ3v) is 5.44. The van der Waals surface area contributed by atoms with Crippen LogP contribution in [0, 0.1) is 0 Å². The molecule has 0 bridgehead atoms. The van der Waals surface area contributed by atoms with E-state index >= 15 is 0 Å². The highest BCUT2D eigenvalue weighted by Gasteiger charge is 2.26. The van der Waals surface area contributed by atoms with Crippen LogP contribution in [0.15, 0.2) is 38.6 Å². The summed E-state index contributed by atoms with van der Waals surface area (Å²) in [5, 5.41) is 0.875. The number of thioether (sulfide) groups is 1. The van der Waals surface area contributed by atoms with Crippen molar-refractivity contribution in [1.29, 1.82) is 0 Å². The van der Waals surface area contributed by atoms with Gasteiger partial charge in [0.05, 0.1) is 4.91 Å². The second-order valence-electron chi connectivity index (χ2n) is 5.23. The first kappa shape index (κ1) is 14.9. The molecule has 3 nitrogen and oxygen atoms in total. The molecular weight excluding hydrogens is 348 g/mol. The summed E-state index contributed by atoms with van der Waals surface area (Å²) in [6.07, 6.45) is 6.86. The fourth-order valence-electron chi connectivity index (χ4n) is 2.53. The second-order valence-corrected chi connectivity index (χ2v) is 7.10. The van der Waals surface area contributed by atoms with Gasteiger partial charge in [-0.15, -0.1) is 0 Å². The van der Waals surface area contributed by atoms with E-state index in [2.05, 4.69) is 25.8 Å². The van der Waals surface area contributed by atoms with Crippen LogP contribution in [-0.4, -0.2) is 29.1 Å². The van der Waals surface area contributed by atoms with Crippen molar-refractivity contribution >= 4 is 44.8 Å². The average molecular weight is 365 g/mol. The molecule has 110 valence electrons. The molecule has 5 heteroatoms. The molecule has 0 atom stereocenters. The normalized spacial score (nSPS) is 21.6. The molecule has 0 spiro atoms. The first-order valence-corrected chi connectivity index (χ1v) is 8.87. The highest BCUT2D eigenvalue weighted by molar-refractivity contribution is 9.10. The number of hydrogen-bond acceptors (Lipinski definition) is 3. The van der Waals surface area contributed by atoms with Crippen molar-refractivity contribution in [2.45, 2.75) is 25.7 Å². The molecule has 0 aromatic heterocycles. The minimum absolute atomic E-state index is 0.116. The molecule has 1 saturated heterocycles. The van der Waals surface area contributed by atoms with Crippen LogP contribution in [0.25, 0.3) is 6.08 Å². The van der Waals surface area contributed by atoms with E-state index in [9.17, 15) is 4.79 Å². The van der Waals surface area contributed by atoms with Gasteiger partial charge in [-0.25, -0.2) is 0 Å². The zero-order chi connectivity index (χ0) is 14.7. The Bertz CT molecular complexity index is 604. The van der Waals surface area contributed by atoms with E-state index in [4.69, 9.17) is 0 Å². The van der Waals surface area contributed by atoms with Crippen molar-refractivity contribution in [2.75, 3.05) is 13.1 Å². The number of nitrogens with zero attached hydrogens (tertiary/aromatic N) is 2. The van der Waals surface area contributed by atoms with Crippen LogP contribution in [0.1, 0.15) is 31.2 Å². The van der Waals surface area contributed by atoms with Crippen LogP contribution in [0.2, 0.25) is 0 Å². The van der Waals surface area contributed by atoms with E-state index in [0.717, 1.165) is 28.3 Å². The zero-order valence-corrected chi connectivity index (χ0v) is 14.1. The van der Waals surface area contributed by atoms with Crippen LogP contribution in [0.3, 0.4) is 0 Å². The lowest BCUT2D eigenvalue weighted by molar-refractivity contribution is -0.113. The van der Waals surface area contributed by atoms with Gasteiger partial charge in [-0.3, -0.25) is 4.79 Å². The highest BCUT2D eigenvalue weighted by Crippen LogP contribution is 2.32. The molecule has 1 aromatic rings. The molecule has 2 aliphatic rings. The smallest absolute Gasteiger partial charge is 0.286 e. The van der Waals surface area contributed by atoms with Crippen molar-refractivity contribution < 1.29 is 4.79 Å². The molecule has 1 fully saturated rings. The number of likely N-dealkylation sites (tertiary alicyclic amines) is 1. The van der Waals surface area contributed by atoms with Gasteiger partial charge in [-0.05, 0) is 42.3 Å². The van der Waals surface area contributed by atoms with Crippen LogP contribution in [-0.2, 0) is 4.79 Å². The molecule has 1 aromatic carbocycles. The average Bonchev–Trinajstić information content (AvgIpc) is 2.69. The van der Waals surface area contributed by atoms with Crippen molar-refractivity contribution in [1.82, 2.24) is 4.90 Å². The van der Waals surface area contributed by atoms with E-state index in [-0.39, 0.29) is 5.91 Å². The van der Waals surface area contributed by atoms with Gasteiger partial charge in [0.1, 0.15) is 0 Å². The van der Waals surface area contributed by atoms with Crippen LogP contribution in [0.4, 0.5) is 0 Å². The van der Waals surface area contributed by atoms with Crippen molar-refractivity contribution in [3.8, 4) is 0 Å². The predicted octanol–water partition coefficient (Wildman–Crippen LogP) is 4.30. The van der Waals surface area contributed by atoms with Gasteiger partial charge in [-0.1, -0.05) is 47.0 Å². The van der Waals surface area contributed by atoms with E-state index in [1.807, 2.05) is 30.3 Å². The Balaban J connectivity index is 1.77. The van der Waals surface area contributed by atoms with Crippen LogP contribution >= 0.6 is 27.7 Å². The number of carbonyl (C=O) groups excluding carboxylic acids is 1. The number of benzene rings is 1. The lowest BCUT2D eigenvalue weighted by atomic mass is 10.2.